The predicted octanol–water partition coefficient (Wildman–Crippen LogP) is 0.761. The van der Waals surface area contributed by atoms with Crippen molar-refractivity contribution in [1.29, 1.82) is 0 Å². The first-order valence-electron chi connectivity index (χ1n) is 11.5. The Morgan fingerprint density at radius 2 is 1.63 bits per heavy atom. The van der Waals surface area contributed by atoms with Crippen LogP contribution < -0.4 is 14.9 Å². The molecule has 12 nitrogen and oxygen atoms in total. The van der Waals surface area contributed by atoms with Gasteiger partial charge in [0.1, 0.15) is 60.8 Å². The zero-order valence-corrected chi connectivity index (χ0v) is 20.4. The number of hydrogen-bond donors (Lipinski definition) is 3. The lowest BCUT2D eigenvalue weighted by Gasteiger charge is -2.39. The molecule has 0 spiro atoms. The maximum absolute atomic E-state index is 13.0. The van der Waals surface area contributed by atoms with Crippen LogP contribution in [-0.4, -0.2) is 78.8 Å². The Hall–Kier alpha value is -3.97. The number of benzene rings is 2. The molecule has 1 saturated heterocycles. The molecule has 0 amide bonds. The quantitative estimate of drug-likeness (QED) is 0.276. The summed E-state index contributed by atoms with van der Waals surface area (Å²) in [5.74, 6) is -0.959. The second-order valence-electron chi connectivity index (χ2n) is 8.43. The van der Waals surface area contributed by atoms with Gasteiger partial charge in [0, 0.05) is 6.07 Å². The molecule has 38 heavy (non-hydrogen) atoms. The van der Waals surface area contributed by atoms with Gasteiger partial charge in [-0.3, -0.25) is 14.4 Å². The lowest BCUT2D eigenvalue weighted by Crippen LogP contribution is -2.60. The third-order valence-electron chi connectivity index (χ3n) is 5.99. The highest BCUT2D eigenvalue weighted by atomic mass is 16.7. The average Bonchev–Trinajstić information content (AvgIpc) is 2.93. The van der Waals surface area contributed by atoms with Crippen LogP contribution in [-0.2, 0) is 23.8 Å². The second kappa shape index (κ2) is 11.6. The minimum atomic E-state index is -1.69. The van der Waals surface area contributed by atoms with Crippen LogP contribution in [0.2, 0.25) is 0 Å². The first kappa shape index (κ1) is 27.1. The molecule has 0 saturated carbocycles. The highest BCUT2D eigenvalue weighted by Crippen LogP contribution is 2.28. The van der Waals surface area contributed by atoms with Crippen molar-refractivity contribution in [3.05, 3.63) is 59.0 Å². The van der Waals surface area contributed by atoms with Gasteiger partial charge in [-0.15, -0.1) is 0 Å². The highest BCUT2D eigenvalue weighted by molar-refractivity contribution is 5.91. The van der Waals surface area contributed by atoms with E-state index >= 15 is 0 Å². The summed E-state index contributed by atoms with van der Waals surface area (Å²) in [5.41, 5.74) is 0.918. The molecule has 2 aromatic carbocycles. The van der Waals surface area contributed by atoms with Crippen LogP contribution >= 0.6 is 0 Å². The van der Waals surface area contributed by atoms with Crippen molar-refractivity contribution in [3.8, 4) is 22.6 Å². The molecule has 3 aromatic rings. The summed E-state index contributed by atoms with van der Waals surface area (Å²) in [6.07, 6.45) is -7.03. The number of rotatable bonds is 8. The van der Waals surface area contributed by atoms with Gasteiger partial charge in [0.15, 0.2) is 5.43 Å². The molecule has 0 bridgehead atoms. The molecule has 0 radical (unpaired) electrons. The van der Waals surface area contributed by atoms with E-state index in [1.54, 1.807) is 31.4 Å². The van der Waals surface area contributed by atoms with Crippen LogP contribution in [0.5, 0.6) is 11.5 Å². The number of fused-ring (bicyclic) bond motifs is 1. The van der Waals surface area contributed by atoms with E-state index in [2.05, 4.69) is 4.74 Å². The van der Waals surface area contributed by atoms with Crippen molar-refractivity contribution >= 4 is 22.9 Å². The smallest absolute Gasteiger partial charge is 0.317 e. The normalized spacial score (nSPS) is 23.0. The third kappa shape index (κ3) is 5.78. The lowest BCUT2D eigenvalue weighted by atomic mass is 9.99. The van der Waals surface area contributed by atoms with E-state index in [0.29, 0.717) is 16.9 Å². The van der Waals surface area contributed by atoms with Crippen LogP contribution in [0.1, 0.15) is 6.42 Å². The lowest BCUT2D eigenvalue weighted by molar-refractivity contribution is -0.278. The number of methoxy groups -OCH3 is 2. The standard InChI is InChI=1S/C26H26O12/c1-33-14-5-3-13(4-6-14)17-11-35-18-9-15(7-8-16(18)22(17)29)37-26-25(32)24(31)23(30)19(38-26)12-36-21(28)10-20(27)34-2/h3-9,11,19,23-26,30-32H,10,12H2,1-2H3/t19-,23-,24+,25-,26-/m1/s1. The van der Waals surface area contributed by atoms with E-state index in [1.165, 1.54) is 24.5 Å². The van der Waals surface area contributed by atoms with Gasteiger partial charge in [-0.05, 0) is 29.8 Å². The number of hydrogen-bond acceptors (Lipinski definition) is 12. The van der Waals surface area contributed by atoms with Crippen LogP contribution in [0, 0.1) is 0 Å². The fourth-order valence-electron chi connectivity index (χ4n) is 3.85. The minimum absolute atomic E-state index is 0.131. The van der Waals surface area contributed by atoms with Crippen molar-refractivity contribution in [2.45, 2.75) is 37.1 Å². The molecule has 202 valence electrons. The zero-order chi connectivity index (χ0) is 27.4. The predicted molar refractivity (Wildman–Crippen MR) is 129 cm³/mol. The topological polar surface area (TPSA) is 171 Å². The Bertz CT molecular complexity index is 1350. The Kier molecular flexibility index (Phi) is 8.27. The number of ether oxygens (including phenoxy) is 5. The van der Waals surface area contributed by atoms with Gasteiger partial charge in [0.05, 0.1) is 25.2 Å². The number of carbonyl (C=O) groups is 2. The molecule has 0 aliphatic carbocycles. The highest BCUT2D eigenvalue weighted by Gasteiger charge is 2.45. The van der Waals surface area contributed by atoms with E-state index in [4.69, 9.17) is 23.4 Å². The maximum atomic E-state index is 13.0. The summed E-state index contributed by atoms with van der Waals surface area (Å²) in [6, 6.07) is 11.3. The molecule has 4 rings (SSSR count). The van der Waals surface area contributed by atoms with E-state index in [9.17, 15) is 29.7 Å². The molecule has 1 fully saturated rings. The molecule has 5 atom stereocenters. The van der Waals surface area contributed by atoms with Crippen LogP contribution in [0.4, 0.5) is 0 Å². The van der Waals surface area contributed by atoms with Gasteiger partial charge in [-0.25, -0.2) is 0 Å². The Labute approximate surface area is 215 Å². The molecule has 12 heteroatoms. The second-order valence-corrected chi connectivity index (χ2v) is 8.43. The van der Waals surface area contributed by atoms with Crippen molar-refractivity contribution in [2.75, 3.05) is 20.8 Å². The Morgan fingerprint density at radius 3 is 2.32 bits per heavy atom. The fraction of sp³-hybridized carbons (Fsp3) is 0.346. The summed E-state index contributed by atoms with van der Waals surface area (Å²) < 4.78 is 31.3. The van der Waals surface area contributed by atoms with Gasteiger partial charge in [-0.1, -0.05) is 12.1 Å². The van der Waals surface area contributed by atoms with Crippen LogP contribution in [0.3, 0.4) is 0 Å². The molecule has 0 unspecified atom stereocenters. The monoisotopic (exact) mass is 530 g/mol. The number of aliphatic hydroxyl groups is 3. The van der Waals surface area contributed by atoms with Crippen molar-refractivity contribution < 1.29 is 53.0 Å². The van der Waals surface area contributed by atoms with Crippen molar-refractivity contribution in [1.82, 2.24) is 0 Å². The summed E-state index contributed by atoms with van der Waals surface area (Å²) in [7, 11) is 2.66. The first-order valence-corrected chi connectivity index (χ1v) is 11.5. The number of carbonyl (C=O) groups excluding carboxylic acids is 2. The summed E-state index contributed by atoms with van der Waals surface area (Å²) >= 11 is 0. The Balaban J connectivity index is 1.49. The summed E-state index contributed by atoms with van der Waals surface area (Å²) in [6.45, 7) is -0.526. The SMILES string of the molecule is COC(=O)CC(=O)OC[C@H]1O[C@@H](Oc2ccc3c(=O)c(-c4ccc(OC)cc4)coc3c2)[C@H](O)[C@@H](O)[C@@H]1O. The van der Waals surface area contributed by atoms with E-state index in [-0.39, 0.29) is 22.1 Å². The van der Waals surface area contributed by atoms with Crippen molar-refractivity contribution in [3.63, 3.8) is 0 Å². The molecule has 1 aromatic heterocycles. The van der Waals surface area contributed by atoms with E-state index < -0.39 is 55.7 Å². The fourth-order valence-corrected chi connectivity index (χ4v) is 3.85. The molecule has 1 aliphatic rings. The average molecular weight is 530 g/mol. The summed E-state index contributed by atoms with van der Waals surface area (Å²) in [4.78, 5) is 36.0. The molecule has 1 aliphatic heterocycles. The zero-order valence-electron chi connectivity index (χ0n) is 20.4. The minimum Gasteiger partial charge on any atom is -0.497 e. The van der Waals surface area contributed by atoms with E-state index in [1.807, 2.05) is 0 Å². The van der Waals surface area contributed by atoms with Gasteiger partial charge in [0.2, 0.25) is 6.29 Å². The molecule has 3 N–H and O–H groups in total. The van der Waals surface area contributed by atoms with Gasteiger partial charge >= 0.3 is 11.9 Å². The molecular formula is C26H26O12. The van der Waals surface area contributed by atoms with Gasteiger partial charge < -0.3 is 43.4 Å². The third-order valence-corrected chi connectivity index (χ3v) is 5.99. The van der Waals surface area contributed by atoms with Gasteiger partial charge in [0.25, 0.3) is 0 Å². The Morgan fingerprint density at radius 1 is 0.921 bits per heavy atom. The molecular weight excluding hydrogens is 504 g/mol. The number of aliphatic hydroxyl groups excluding tert-OH is 3. The first-order chi connectivity index (χ1) is 18.2. The number of esters is 2. The molecule has 2 heterocycles. The van der Waals surface area contributed by atoms with Gasteiger partial charge in [-0.2, -0.15) is 0 Å². The summed E-state index contributed by atoms with van der Waals surface area (Å²) in [5, 5.41) is 31.1. The van der Waals surface area contributed by atoms with Crippen LogP contribution in [0.15, 0.2) is 57.9 Å². The maximum Gasteiger partial charge on any atom is 0.317 e. The largest absolute Gasteiger partial charge is 0.497 e. The van der Waals surface area contributed by atoms with Crippen molar-refractivity contribution in [2.24, 2.45) is 0 Å². The van der Waals surface area contributed by atoms with Crippen LogP contribution in [0.25, 0.3) is 22.1 Å². The van der Waals surface area contributed by atoms with E-state index in [0.717, 1.165) is 7.11 Å².